The molecule has 4 aromatic rings. The van der Waals surface area contributed by atoms with E-state index >= 15 is 0 Å². The first kappa shape index (κ1) is 17.4. The van der Waals surface area contributed by atoms with Crippen LogP contribution in [0.15, 0.2) is 91.0 Å². The maximum atomic E-state index is 12.6. The van der Waals surface area contributed by atoms with Crippen LogP contribution in [-0.4, -0.2) is 10.7 Å². The summed E-state index contributed by atoms with van der Waals surface area (Å²) in [5.74, 6) is 0.328. The highest BCUT2D eigenvalue weighted by atomic mass is 16.6. The van der Waals surface area contributed by atoms with Gasteiger partial charge < -0.3 is 4.74 Å². The number of hydrogen-bond donors (Lipinski definition) is 0. The molecule has 0 aliphatic heterocycles. The lowest BCUT2D eigenvalue weighted by atomic mass is 10.0. The average molecular weight is 369 g/mol. The Hall–Kier alpha value is -3.99. The third-order valence-electron chi connectivity index (χ3n) is 4.42. The van der Waals surface area contributed by atoms with E-state index in [9.17, 15) is 14.9 Å². The van der Waals surface area contributed by atoms with E-state index in [4.69, 9.17) is 4.74 Å². The number of carbonyl (C=O) groups excluding carboxylic acids is 1. The van der Waals surface area contributed by atoms with E-state index in [1.54, 1.807) is 42.5 Å². The molecule has 0 amide bonds. The van der Waals surface area contributed by atoms with Gasteiger partial charge in [-0.15, -0.1) is 0 Å². The van der Waals surface area contributed by atoms with Gasteiger partial charge >= 0.3 is 5.69 Å². The number of nitro groups is 1. The molecular weight excluding hydrogens is 354 g/mol. The lowest BCUT2D eigenvalue weighted by Crippen LogP contribution is -2.03. The van der Waals surface area contributed by atoms with E-state index in [1.165, 1.54) is 12.1 Å². The molecule has 0 fully saturated rings. The van der Waals surface area contributed by atoms with Gasteiger partial charge in [0.25, 0.3) is 0 Å². The van der Waals surface area contributed by atoms with Crippen LogP contribution < -0.4 is 4.74 Å². The van der Waals surface area contributed by atoms with Gasteiger partial charge in [0.1, 0.15) is 5.75 Å². The van der Waals surface area contributed by atoms with E-state index < -0.39 is 4.92 Å². The van der Waals surface area contributed by atoms with Crippen molar-refractivity contribution in [1.82, 2.24) is 0 Å². The van der Waals surface area contributed by atoms with Crippen LogP contribution in [0.25, 0.3) is 10.8 Å². The van der Waals surface area contributed by atoms with Crippen molar-refractivity contribution in [3.05, 3.63) is 112 Å². The Morgan fingerprint density at radius 3 is 2.25 bits per heavy atom. The number of rotatable bonds is 5. The fourth-order valence-corrected chi connectivity index (χ4v) is 3.05. The number of hydrogen-bond acceptors (Lipinski definition) is 4. The van der Waals surface area contributed by atoms with Crippen LogP contribution in [0.5, 0.6) is 11.5 Å². The van der Waals surface area contributed by atoms with Crippen LogP contribution in [0.3, 0.4) is 0 Å². The quantitative estimate of drug-likeness (QED) is 0.254. The molecule has 0 aliphatic rings. The van der Waals surface area contributed by atoms with Crippen molar-refractivity contribution >= 4 is 22.2 Å². The normalized spacial score (nSPS) is 10.6. The predicted octanol–water partition coefficient (Wildman–Crippen LogP) is 5.77. The summed E-state index contributed by atoms with van der Waals surface area (Å²) in [5, 5.41) is 13.4. The van der Waals surface area contributed by atoms with Crippen LogP contribution >= 0.6 is 0 Å². The first-order valence-electron chi connectivity index (χ1n) is 8.67. The third kappa shape index (κ3) is 3.33. The molecule has 0 N–H and O–H groups in total. The van der Waals surface area contributed by atoms with E-state index in [0.29, 0.717) is 11.3 Å². The Labute approximate surface area is 161 Å². The van der Waals surface area contributed by atoms with Crippen molar-refractivity contribution in [2.24, 2.45) is 0 Å². The van der Waals surface area contributed by atoms with Crippen molar-refractivity contribution in [2.45, 2.75) is 0 Å². The maximum Gasteiger partial charge on any atom is 0.312 e. The molecule has 0 atom stereocenters. The summed E-state index contributed by atoms with van der Waals surface area (Å²) in [7, 11) is 0. The fourth-order valence-electron chi connectivity index (χ4n) is 3.05. The Morgan fingerprint density at radius 1 is 0.750 bits per heavy atom. The molecule has 4 aromatic carbocycles. The van der Waals surface area contributed by atoms with E-state index in [-0.39, 0.29) is 22.8 Å². The van der Waals surface area contributed by atoms with Crippen molar-refractivity contribution in [3.63, 3.8) is 0 Å². The monoisotopic (exact) mass is 369 g/mol. The van der Waals surface area contributed by atoms with Crippen molar-refractivity contribution in [3.8, 4) is 11.5 Å². The SMILES string of the molecule is O=C(c1ccccc1)c1ccc(Oc2cccc3ccccc23)c([N+](=O)[O-])c1. The zero-order valence-corrected chi connectivity index (χ0v) is 14.7. The minimum Gasteiger partial charge on any atom is -0.449 e. The zero-order valence-electron chi connectivity index (χ0n) is 14.7. The molecule has 0 bridgehead atoms. The molecule has 136 valence electrons. The Bertz CT molecular complexity index is 1180. The zero-order chi connectivity index (χ0) is 19.5. The molecule has 28 heavy (non-hydrogen) atoms. The van der Waals surface area contributed by atoms with Crippen LogP contribution in [0.2, 0.25) is 0 Å². The van der Waals surface area contributed by atoms with Gasteiger partial charge in [0.05, 0.1) is 4.92 Å². The molecule has 5 nitrogen and oxygen atoms in total. The number of nitrogens with zero attached hydrogens (tertiary/aromatic N) is 1. The van der Waals surface area contributed by atoms with Crippen LogP contribution in [-0.2, 0) is 0 Å². The van der Waals surface area contributed by atoms with Crippen molar-refractivity contribution in [2.75, 3.05) is 0 Å². The molecule has 5 heteroatoms. The molecule has 0 unspecified atom stereocenters. The van der Waals surface area contributed by atoms with Gasteiger partial charge in [-0.3, -0.25) is 14.9 Å². The topological polar surface area (TPSA) is 69.4 Å². The highest BCUT2D eigenvalue weighted by Crippen LogP contribution is 2.35. The van der Waals surface area contributed by atoms with Gasteiger partial charge in [-0.25, -0.2) is 0 Å². The minimum absolute atomic E-state index is 0.0889. The van der Waals surface area contributed by atoms with Gasteiger partial charge in [0.15, 0.2) is 5.78 Å². The fraction of sp³-hybridized carbons (Fsp3) is 0. The number of benzene rings is 4. The van der Waals surface area contributed by atoms with Gasteiger partial charge in [0, 0.05) is 22.6 Å². The largest absolute Gasteiger partial charge is 0.449 e. The van der Waals surface area contributed by atoms with Gasteiger partial charge in [-0.1, -0.05) is 66.7 Å². The highest BCUT2D eigenvalue weighted by Gasteiger charge is 2.20. The Balaban J connectivity index is 1.74. The Kier molecular flexibility index (Phi) is 4.56. The van der Waals surface area contributed by atoms with Crippen LogP contribution in [0, 0.1) is 10.1 Å². The maximum absolute atomic E-state index is 12.6. The number of ether oxygens (including phenoxy) is 1. The molecule has 4 rings (SSSR count). The smallest absolute Gasteiger partial charge is 0.312 e. The average Bonchev–Trinajstić information content (AvgIpc) is 2.74. The summed E-state index contributed by atoms with van der Waals surface area (Å²) in [5.41, 5.74) is 0.456. The van der Waals surface area contributed by atoms with Gasteiger partial charge in [-0.05, 0) is 23.6 Å². The van der Waals surface area contributed by atoms with E-state index in [2.05, 4.69) is 0 Å². The van der Waals surface area contributed by atoms with Crippen LogP contribution in [0.1, 0.15) is 15.9 Å². The highest BCUT2D eigenvalue weighted by molar-refractivity contribution is 6.09. The molecule has 0 aromatic heterocycles. The van der Waals surface area contributed by atoms with Crippen molar-refractivity contribution < 1.29 is 14.5 Å². The molecule has 0 saturated heterocycles. The third-order valence-corrected chi connectivity index (χ3v) is 4.42. The molecule has 0 saturated carbocycles. The standard InChI is InChI=1S/C23H15NO4/c25-23(17-8-2-1-3-9-17)18-13-14-22(20(15-18)24(26)27)28-21-12-6-10-16-7-4-5-11-19(16)21/h1-15H. The van der Waals surface area contributed by atoms with E-state index in [1.807, 2.05) is 36.4 Å². The molecule has 0 spiro atoms. The second-order valence-electron chi connectivity index (χ2n) is 6.21. The predicted molar refractivity (Wildman–Crippen MR) is 107 cm³/mol. The second-order valence-corrected chi connectivity index (χ2v) is 6.21. The number of carbonyl (C=O) groups is 1. The molecule has 0 radical (unpaired) electrons. The molecule has 0 heterocycles. The Morgan fingerprint density at radius 2 is 1.46 bits per heavy atom. The summed E-state index contributed by atoms with van der Waals surface area (Å²) in [6.07, 6.45) is 0. The lowest BCUT2D eigenvalue weighted by molar-refractivity contribution is -0.385. The summed E-state index contributed by atoms with van der Waals surface area (Å²) in [4.78, 5) is 23.7. The molecular formula is C23H15NO4. The second kappa shape index (κ2) is 7.32. The van der Waals surface area contributed by atoms with Gasteiger partial charge in [0.2, 0.25) is 5.75 Å². The minimum atomic E-state index is -0.539. The molecule has 0 aliphatic carbocycles. The summed E-state index contributed by atoms with van der Waals surface area (Å²) < 4.78 is 5.87. The van der Waals surface area contributed by atoms with Crippen LogP contribution in [0.4, 0.5) is 5.69 Å². The van der Waals surface area contributed by atoms with Gasteiger partial charge in [-0.2, -0.15) is 0 Å². The number of nitro benzene ring substituents is 1. The number of fused-ring (bicyclic) bond motifs is 1. The first-order valence-corrected chi connectivity index (χ1v) is 8.67. The number of ketones is 1. The summed E-state index contributed by atoms with van der Waals surface area (Å²) in [6.45, 7) is 0. The summed E-state index contributed by atoms with van der Waals surface area (Å²) >= 11 is 0. The first-order chi connectivity index (χ1) is 13.6. The summed E-state index contributed by atoms with van der Waals surface area (Å²) in [6, 6.07) is 26.1. The van der Waals surface area contributed by atoms with E-state index in [0.717, 1.165) is 10.8 Å². The van der Waals surface area contributed by atoms with Crippen molar-refractivity contribution in [1.29, 1.82) is 0 Å². The lowest BCUT2D eigenvalue weighted by Gasteiger charge is -2.10.